The van der Waals surface area contributed by atoms with Crippen molar-refractivity contribution < 1.29 is 14.3 Å². The van der Waals surface area contributed by atoms with E-state index in [4.69, 9.17) is 9.47 Å². The van der Waals surface area contributed by atoms with E-state index in [2.05, 4.69) is 13.8 Å². The molecule has 1 atom stereocenters. The van der Waals surface area contributed by atoms with Crippen LogP contribution in [0.5, 0.6) is 0 Å². The molecule has 0 aromatic rings. The molecule has 160 valence electrons. The summed E-state index contributed by atoms with van der Waals surface area (Å²) in [6.07, 6.45) is 21.8. The van der Waals surface area contributed by atoms with E-state index >= 15 is 0 Å². The Balaban J connectivity index is 1.78. The molecule has 0 aromatic heterocycles. The molecule has 3 heteroatoms. The van der Waals surface area contributed by atoms with Crippen LogP contribution in [0.1, 0.15) is 123 Å². The molecule has 1 saturated heterocycles. The SMILES string of the molecule is CCCCCCCCCCCCCCCCCC(=O)OC(CC)C1COC1. The highest BCUT2D eigenvalue weighted by molar-refractivity contribution is 5.69. The Bertz CT molecular complexity index is 339. The molecule has 1 rings (SSSR count). The molecule has 0 aliphatic carbocycles. The normalized spacial score (nSPS) is 15.5. The van der Waals surface area contributed by atoms with Crippen LogP contribution in [0.4, 0.5) is 0 Å². The summed E-state index contributed by atoms with van der Waals surface area (Å²) in [5.41, 5.74) is 0. The number of hydrogen-bond acceptors (Lipinski definition) is 3. The monoisotopic (exact) mass is 382 g/mol. The van der Waals surface area contributed by atoms with Crippen LogP contribution in [0, 0.1) is 5.92 Å². The fraction of sp³-hybridized carbons (Fsp3) is 0.958. The molecular formula is C24H46O3. The van der Waals surface area contributed by atoms with Crippen LogP contribution >= 0.6 is 0 Å². The molecule has 0 amide bonds. The van der Waals surface area contributed by atoms with Crippen molar-refractivity contribution in [3.05, 3.63) is 0 Å². The largest absolute Gasteiger partial charge is 0.462 e. The van der Waals surface area contributed by atoms with Gasteiger partial charge in [-0.3, -0.25) is 4.79 Å². The number of carbonyl (C=O) groups excluding carboxylic acids is 1. The maximum Gasteiger partial charge on any atom is 0.306 e. The standard InChI is InChI=1S/C24H46O3/c1-3-5-6-7-8-9-10-11-12-13-14-15-16-17-18-19-24(25)27-23(4-2)22-20-26-21-22/h22-23H,3-21H2,1-2H3. The van der Waals surface area contributed by atoms with E-state index in [9.17, 15) is 4.79 Å². The van der Waals surface area contributed by atoms with Crippen LogP contribution < -0.4 is 0 Å². The van der Waals surface area contributed by atoms with E-state index < -0.39 is 0 Å². The zero-order valence-electron chi connectivity index (χ0n) is 18.3. The van der Waals surface area contributed by atoms with Gasteiger partial charge in [-0.25, -0.2) is 0 Å². The summed E-state index contributed by atoms with van der Waals surface area (Å²) < 4.78 is 10.8. The molecular weight excluding hydrogens is 336 g/mol. The van der Waals surface area contributed by atoms with Crippen LogP contribution in [0.3, 0.4) is 0 Å². The Morgan fingerprint density at radius 3 is 1.59 bits per heavy atom. The summed E-state index contributed by atoms with van der Waals surface area (Å²) >= 11 is 0. The van der Waals surface area contributed by atoms with E-state index in [1.165, 1.54) is 83.5 Å². The first-order chi connectivity index (χ1) is 13.3. The molecule has 1 fully saturated rings. The summed E-state index contributed by atoms with van der Waals surface area (Å²) in [5, 5.41) is 0. The van der Waals surface area contributed by atoms with Gasteiger partial charge in [0.05, 0.1) is 13.2 Å². The van der Waals surface area contributed by atoms with Gasteiger partial charge in [0.25, 0.3) is 0 Å². The van der Waals surface area contributed by atoms with Gasteiger partial charge in [-0.1, -0.05) is 104 Å². The van der Waals surface area contributed by atoms with E-state index in [1.807, 2.05) is 0 Å². The predicted molar refractivity (Wildman–Crippen MR) is 114 cm³/mol. The van der Waals surface area contributed by atoms with Gasteiger partial charge in [0.15, 0.2) is 0 Å². The van der Waals surface area contributed by atoms with Crippen LogP contribution in [0.15, 0.2) is 0 Å². The van der Waals surface area contributed by atoms with Crippen LogP contribution in [0.2, 0.25) is 0 Å². The molecule has 1 unspecified atom stereocenters. The van der Waals surface area contributed by atoms with Gasteiger partial charge >= 0.3 is 5.97 Å². The number of hydrogen-bond donors (Lipinski definition) is 0. The summed E-state index contributed by atoms with van der Waals surface area (Å²) in [4.78, 5) is 11.9. The third-order valence-electron chi connectivity index (χ3n) is 5.86. The number of ether oxygens (including phenoxy) is 2. The van der Waals surface area contributed by atoms with Crippen molar-refractivity contribution in [3.63, 3.8) is 0 Å². The summed E-state index contributed by atoms with van der Waals surface area (Å²) in [6, 6.07) is 0. The second kappa shape index (κ2) is 17.5. The van der Waals surface area contributed by atoms with Crippen molar-refractivity contribution in [1.29, 1.82) is 0 Å². The molecule has 0 aromatic carbocycles. The highest BCUT2D eigenvalue weighted by atomic mass is 16.6. The van der Waals surface area contributed by atoms with Crippen molar-refractivity contribution in [3.8, 4) is 0 Å². The lowest BCUT2D eigenvalue weighted by atomic mass is 9.98. The molecule has 0 saturated carbocycles. The fourth-order valence-corrected chi connectivity index (χ4v) is 3.85. The summed E-state index contributed by atoms with van der Waals surface area (Å²) in [5.74, 6) is 0.420. The van der Waals surface area contributed by atoms with Crippen molar-refractivity contribution in [2.45, 2.75) is 129 Å². The second-order valence-electron chi connectivity index (χ2n) is 8.43. The Morgan fingerprint density at radius 2 is 1.22 bits per heavy atom. The van der Waals surface area contributed by atoms with E-state index in [0.29, 0.717) is 12.3 Å². The lowest BCUT2D eigenvalue weighted by Crippen LogP contribution is -2.40. The average molecular weight is 383 g/mol. The Kier molecular flexibility index (Phi) is 15.9. The van der Waals surface area contributed by atoms with Gasteiger partial charge < -0.3 is 9.47 Å². The second-order valence-corrected chi connectivity index (χ2v) is 8.43. The lowest BCUT2D eigenvalue weighted by molar-refractivity contribution is -0.163. The number of unbranched alkanes of at least 4 members (excludes halogenated alkanes) is 14. The van der Waals surface area contributed by atoms with Crippen LogP contribution in [0.25, 0.3) is 0 Å². The minimum Gasteiger partial charge on any atom is -0.462 e. The minimum absolute atomic E-state index is 0.0107. The predicted octanol–water partition coefficient (Wildman–Crippen LogP) is 7.22. The molecule has 27 heavy (non-hydrogen) atoms. The molecule has 1 heterocycles. The van der Waals surface area contributed by atoms with Gasteiger partial charge in [-0.2, -0.15) is 0 Å². The van der Waals surface area contributed by atoms with Gasteiger partial charge in [-0.05, 0) is 12.8 Å². The maximum atomic E-state index is 11.9. The molecule has 1 aliphatic rings. The molecule has 1 aliphatic heterocycles. The Hall–Kier alpha value is -0.570. The number of esters is 1. The quantitative estimate of drug-likeness (QED) is 0.175. The van der Waals surface area contributed by atoms with Gasteiger partial charge in [0.1, 0.15) is 6.10 Å². The lowest BCUT2D eigenvalue weighted by Gasteiger charge is -2.32. The smallest absolute Gasteiger partial charge is 0.306 e. The zero-order chi connectivity index (χ0) is 19.6. The highest BCUT2D eigenvalue weighted by Gasteiger charge is 2.29. The first-order valence-electron chi connectivity index (χ1n) is 12.0. The highest BCUT2D eigenvalue weighted by Crippen LogP contribution is 2.21. The maximum absolute atomic E-state index is 11.9. The molecule has 0 spiro atoms. The minimum atomic E-state index is -0.0107. The molecule has 0 radical (unpaired) electrons. The fourth-order valence-electron chi connectivity index (χ4n) is 3.85. The first-order valence-corrected chi connectivity index (χ1v) is 12.0. The van der Waals surface area contributed by atoms with Crippen molar-refractivity contribution >= 4 is 5.97 Å². The van der Waals surface area contributed by atoms with Crippen LogP contribution in [-0.2, 0) is 14.3 Å². The summed E-state index contributed by atoms with van der Waals surface area (Å²) in [6.45, 7) is 5.88. The molecule has 3 nitrogen and oxygen atoms in total. The topological polar surface area (TPSA) is 35.5 Å². The van der Waals surface area contributed by atoms with Crippen molar-refractivity contribution in [1.82, 2.24) is 0 Å². The third-order valence-corrected chi connectivity index (χ3v) is 5.86. The van der Waals surface area contributed by atoms with E-state index in [-0.39, 0.29) is 12.1 Å². The van der Waals surface area contributed by atoms with Crippen molar-refractivity contribution in [2.24, 2.45) is 5.92 Å². The third kappa shape index (κ3) is 13.3. The Morgan fingerprint density at radius 1 is 0.778 bits per heavy atom. The molecule has 0 N–H and O–H groups in total. The Labute approximate surface area is 169 Å². The number of rotatable bonds is 19. The van der Waals surface area contributed by atoms with E-state index in [1.54, 1.807) is 0 Å². The van der Waals surface area contributed by atoms with E-state index in [0.717, 1.165) is 32.5 Å². The van der Waals surface area contributed by atoms with Gasteiger partial charge in [0.2, 0.25) is 0 Å². The zero-order valence-corrected chi connectivity index (χ0v) is 18.3. The van der Waals surface area contributed by atoms with Gasteiger partial charge in [-0.15, -0.1) is 0 Å². The first kappa shape index (κ1) is 24.5. The average Bonchev–Trinajstić information content (AvgIpc) is 2.62. The summed E-state index contributed by atoms with van der Waals surface area (Å²) in [7, 11) is 0. The number of carbonyl (C=O) groups is 1. The van der Waals surface area contributed by atoms with Crippen molar-refractivity contribution in [2.75, 3.05) is 13.2 Å². The molecule has 0 bridgehead atoms. The van der Waals surface area contributed by atoms with Gasteiger partial charge in [0, 0.05) is 12.3 Å². The van der Waals surface area contributed by atoms with Crippen LogP contribution in [-0.4, -0.2) is 25.3 Å².